The number of halogens is 3. The van der Waals surface area contributed by atoms with Crippen LogP contribution < -0.4 is 5.73 Å². The van der Waals surface area contributed by atoms with Crippen LogP contribution in [-0.4, -0.2) is 0 Å². The number of nitrogen functional groups attached to an aromatic ring is 1. The van der Waals surface area contributed by atoms with Gasteiger partial charge in [-0.25, -0.2) is 0 Å². The van der Waals surface area contributed by atoms with Crippen LogP contribution in [0.5, 0.6) is 0 Å². The van der Waals surface area contributed by atoms with E-state index in [4.69, 9.17) is 40.5 Å². The summed E-state index contributed by atoms with van der Waals surface area (Å²) in [6, 6.07) is 7.69. The van der Waals surface area contributed by atoms with Crippen LogP contribution in [0.4, 0.5) is 5.69 Å². The van der Waals surface area contributed by atoms with Gasteiger partial charge in [-0.1, -0.05) is 40.9 Å². The maximum absolute atomic E-state index is 6.23. The van der Waals surface area contributed by atoms with Crippen molar-refractivity contribution in [3.63, 3.8) is 0 Å². The molecule has 0 heterocycles. The molecule has 0 fully saturated rings. The molecule has 0 spiro atoms. The molecular weight excluding hydrogens is 277 g/mol. The highest BCUT2D eigenvalue weighted by Crippen LogP contribution is 2.45. The average Bonchev–Trinajstić information content (AvgIpc) is 2.64. The minimum atomic E-state index is 0.450. The first kappa shape index (κ1) is 11.2. The molecule has 0 aliphatic heterocycles. The number of rotatable bonds is 0. The van der Waals surface area contributed by atoms with Gasteiger partial charge < -0.3 is 5.73 Å². The zero-order chi connectivity index (χ0) is 12.2. The molecule has 4 heteroatoms. The van der Waals surface area contributed by atoms with Gasteiger partial charge in [-0.05, 0) is 40.5 Å². The zero-order valence-corrected chi connectivity index (χ0v) is 11.0. The normalized spacial score (nSPS) is 12.4. The molecule has 3 rings (SSSR count). The molecule has 0 atom stereocenters. The molecule has 2 aromatic rings. The Morgan fingerprint density at radius 3 is 2.53 bits per heavy atom. The molecule has 2 aromatic carbocycles. The van der Waals surface area contributed by atoms with Crippen LogP contribution in [0.3, 0.4) is 0 Å². The summed E-state index contributed by atoms with van der Waals surface area (Å²) in [5.74, 6) is 0. The number of fused-ring (bicyclic) bond motifs is 3. The Kier molecular flexibility index (Phi) is 2.51. The Bertz CT molecular complexity index is 635. The second-order valence-corrected chi connectivity index (χ2v) is 5.31. The van der Waals surface area contributed by atoms with Gasteiger partial charge in [-0.15, -0.1) is 0 Å². The molecule has 1 aliphatic rings. The molecule has 17 heavy (non-hydrogen) atoms. The van der Waals surface area contributed by atoms with Gasteiger partial charge in [0.15, 0.2) is 0 Å². The van der Waals surface area contributed by atoms with Gasteiger partial charge >= 0.3 is 0 Å². The van der Waals surface area contributed by atoms with Crippen LogP contribution in [-0.2, 0) is 6.42 Å². The van der Waals surface area contributed by atoms with Crippen molar-refractivity contribution in [2.75, 3.05) is 5.73 Å². The molecule has 1 aliphatic carbocycles. The van der Waals surface area contributed by atoms with E-state index >= 15 is 0 Å². The molecule has 1 nitrogen and oxygen atoms in total. The fourth-order valence-corrected chi connectivity index (χ4v) is 2.97. The van der Waals surface area contributed by atoms with Crippen LogP contribution in [0.2, 0.25) is 15.1 Å². The lowest BCUT2D eigenvalue weighted by Gasteiger charge is -2.07. The summed E-state index contributed by atoms with van der Waals surface area (Å²) in [5.41, 5.74) is 10.7. The third-order valence-corrected chi connectivity index (χ3v) is 4.06. The van der Waals surface area contributed by atoms with E-state index in [1.54, 1.807) is 0 Å². The number of hydrogen-bond acceptors (Lipinski definition) is 1. The first-order valence-corrected chi connectivity index (χ1v) is 6.26. The summed E-state index contributed by atoms with van der Waals surface area (Å²) in [5, 5.41) is 1.78. The summed E-state index contributed by atoms with van der Waals surface area (Å²) in [7, 11) is 0. The molecule has 0 saturated heterocycles. The van der Waals surface area contributed by atoms with Gasteiger partial charge in [0.1, 0.15) is 0 Å². The van der Waals surface area contributed by atoms with Gasteiger partial charge in [0.25, 0.3) is 0 Å². The monoisotopic (exact) mass is 283 g/mol. The summed E-state index contributed by atoms with van der Waals surface area (Å²) in [6.45, 7) is 0. The van der Waals surface area contributed by atoms with Gasteiger partial charge in [-0.3, -0.25) is 0 Å². The molecule has 0 amide bonds. The average molecular weight is 285 g/mol. The second-order valence-electron chi connectivity index (χ2n) is 4.09. The fraction of sp³-hybridized carbons (Fsp3) is 0.0769. The zero-order valence-electron chi connectivity index (χ0n) is 8.73. The predicted molar refractivity (Wildman–Crippen MR) is 74.1 cm³/mol. The highest BCUT2D eigenvalue weighted by molar-refractivity contribution is 6.40. The SMILES string of the molecule is Nc1c(Cl)cc2c(c1Cl)Cc1cc(Cl)ccc1-2. The number of hydrogen-bond donors (Lipinski definition) is 1. The van der Waals surface area contributed by atoms with Crippen molar-refractivity contribution in [1.29, 1.82) is 0 Å². The van der Waals surface area contributed by atoms with E-state index in [-0.39, 0.29) is 0 Å². The lowest BCUT2D eigenvalue weighted by atomic mass is 10.1. The fourth-order valence-electron chi connectivity index (χ4n) is 2.25. The van der Waals surface area contributed by atoms with Crippen molar-refractivity contribution >= 4 is 40.5 Å². The maximum atomic E-state index is 6.23. The van der Waals surface area contributed by atoms with Gasteiger partial charge in [0, 0.05) is 11.4 Å². The van der Waals surface area contributed by atoms with E-state index < -0.39 is 0 Å². The molecule has 2 N–H and O–H groups in total. The minimum absolute atomic E-state index is 0.450. The van der Waals surface area contributed by atoms with Crippen molar-refractivity contribution in [3.8, 4) is 11.1 Å². The summed E-state index contributed by atoms with van der Waals surface area (Å²) in [4.78, 5) is 0. The molecule has 0 bridgehead atoms. The molecule has 0 unspecified atom stereocenters. The highest BCUT2D eigenvalue weighted by atomic mass is 35.5. The molecule has 0 saturated carbocycles. The van der Waals surface area contributed by atoms with Crippen molar-refractivity contribution in [3.05, 3.63) is 50.5 Å². The Hall–Kier alpha value is -0.890. The van der Waals surface area contributed by atoms with E-state index in [0.717, 1.165) is 33.7 Å². The number of nitrogens with two attached hydrogens (primary N) is 1. The van der Waals surface area contributed by atoms with Crippen LogP contribution in [0.1, 0.15) is 11.1 Å². The minimum Gasteiger partial charge on any atom is -0.396 e. The van der Waals surface area contributed by atoms with Crippen molar-refractivity contribution in [2.24, 2.45) is 0 Å². The topological polar surface area (TPSA) is 26.0 Å². The number of anilines is 1. The summed E-state index contributed by atoms with van der Waals surface area (Å²) in [6.07, 6.45) is 0.755. The first-order valence-electron chi connectivity index (χ1n) is 5.13. The maximum Gasteiger partial charge on any atom is 0.0696 e. The van der Waals surface area contributed by atoms with Gasteiger partial charge in [-0.2, -0.15) is 0 Å². The van der Waals surface area contributed by atoms with Crippen molar-refractivity contribution < 1.29 is 0 Å². The molecular formula is C13H8Cl3N. The van der Waals surface area contributed by atoms with E-state index in [0.29, 0.717) is 15.7 Å². The third kappa shape index (κ3) is 1.61. The Labute approximate surface area is 114 Å². The standard InChI is InChI=1S/C13H8Cl3N/c14-7-1-2-8-6(3-7)4-10-9(8)5-11(15)13(17)12(10)16/h1-3,5H,4,17H2. The summed E-state index contributed by atoms with van der Waals surface area (Å²) >= 11 is 18.3. The third-order valence-electron chi connectivity index (χ3n) is 3.08. The summed E-state index contributed by atoms with van der Waals surface area (Å²) < 4.78 is 0. The lowest BCUT2D eigenvalue weighted by Crippen LogP contribution is -1.92. The smallest absolute Gasteiger partial charge is 0.0696 e. The highest BCUT2D eigenvalue weighted by Gasteiger charge is 2.23. The second kappa shape index (κ2) is 3.81. The Balaban J connectivity index is 2.30. The van der Waals surface area contributed by atoms with E-state index in [2.05, 4.69) is 0 Å². The largest absolute Gasteiger partial charge is 0.396 e. The van der Waals surface area contributed by atoms with E-state index in [1.165, 1.54) is 0 Å². The first-order chi connectivity index (χ1) is 8.08. The van der Waals surface area contributed by atoms with E-state index in [9.17, 15) is 0 Å². The van der Waals surface area contributed by atoms with Crippen molar-refractivity contribution in [2.45, 2.75) is 6.42 Å². The van der Waals surface area contributed by atoms with Gasteiger partial charge in [0.2, 0.25) is 0 Å². The van der Waals surface area contributed by atoms with E-state index in [1.807, 2.05) is 24.3 Å². The van der Waals surface area contributed by atoms with Crippen LogP contribution in [0.15, 0.2) is 24.3 Å². The molecule has 0 radical (unpaired) electrons. The van der Waals surface area contributed by atoms with Crippen LogP contribution in [0, 0.1) is 0 Å². The van der Waals surface area contributed by atoms with Crippen molar-refractivity contribution in [1.82, 2.24) is 0 Å². The predicted octanol–water partition coefficient (Wildman–Crippen LogP) is 4.80. The van der Waals surface area contributed by atoms with Crippen LogP contribution in [0.25, 0.3) is 11.1 Å². The number of benzene rings is 2. The lowest BCUT2D eigenvalue weighted by molar-refractivity contribution is 1.26. The molecule has 0 aromatic heterocycles. The van der Waals surface area contributed by atoms with Crippen LogP contribution >= 0.6 is 34.8 Å². The molecule has 86 valence electrons. The van der Waals surface area contributed by atoms with Gasteiger partial charge in [0.05, 0.1) is 15.7 Å². The Morgan fingerprint density at radius 2 is 1.76 bits per heavy atom. The Morgan fingerprint density at radius 1 is 1.00 bits per heavy atom. The quantitative estimate of drug-likeness (QED) is 0.590.